The van der Waals surface area contributed by atoms with Gasteiger partial charge in [0, 0.05) is 0 Å². The Morgan fingerprint density at radius 1 is 1.04 bits per heavy atom. The lowest BCUT2D eigenvalue weighted by atomic mass is 10.1. The highest BCUT2D eigenvalue weighted by Gasteiger charge is 2.19. The number of nitrogens with zero attached hydrogens (tertiary/aromatic N) is 2. The first-order chi connectivity index (χ1) is 12.0. The highest BCUT2D eigenvalue weighted by atomic mass is 32.2. The highest BCUT2D eigenvalue weighted by Crippen LogP contribution is 2.31. The maximum Gasteiger partial charge on any atom is 0.272 e. The number of hydrogen-bond acceptors (Lipinski definition) is 6. The minimum absolute atomic E-state index is 0.0339. The van der Waals surface area contributed by atoms with Crippen LogP contribution in [-0.2, 0) is 10.0 Å². The van der Waals surface area contributed by atoms with E-state index in [1.165, 1.54) is 12.1 Å². The zero-order chi connectivity index (χ0) is 17.4. The normalized spacial score (nSPS) is 13.4. The third-order valence-electron chi connectivity index (χ3n) is 3.79. The summed E-state index contributed by atoms with van der Waals surface area (Å²) in [4.78, 5) is 16.4. The van der Waals surface area contributed by atoms with E-state index in [4.69, 9.17) is 0 Å². The first-order valence-corrected chi connectivity index (χ1v) is 8.94. The summed E-state index contributed by atoms with van der Waals surface area (Å²) in [7, 11) is -3.64. The molecule has 9 heteroatoms. The second-order valence-corrected chi connectivity index (χ2v) is 7.19. The van der Waals surface area contributed by atoms with E-state index < -0.39 is 10.0 Å². The number of aliphatic imine (C=N–C) groups is 1. The predicted octanol–water partition coefficient (Wildman–Crippen LogP) is 1.36. The van der Waals surface area contributed by atoms with Crippen molar-refractivity contribution >= 4 is 38.1 Å². The number of rotatable bonds is 4. The summed E-state index contributed by atoms with van der Waals surface area (Å²) in [5, 5.41) is 10.4. The van der Waals surface area contributed by atoms with Gasteiger partial charge in [-0.3, -0.25) is 4.79 Å². The molecule has 4 rings (SSSR count). The van der Waals surface area contributed by atoms with Crippen LogP contribution in [0.2, 0.25) is 0 Å². The standard InChI is InChI=1S/C16H13N5O3S/c22-16-11-7-4-8-12-14(11)15(20-21-16)19-13(18-12)9-17-25(23,24)10-5-2-1-3-6-10/h1-8,17H,9H2,(H,21,22)(H,18,19,20). The Labute approximate surface area is 142 Å². The zero-order valence-corrected chi connectivity index (χ0v) is 13.7. The summed E-state index contributed by atoms with van der Waals surface area (Å²) in [6, 6.07) is 13.2. The fourth-order valence-corrected chi connectivity index (χ4v) is 3.63. The molecule has 0 unspecified atom stereocenters. The smallest absolute Gasteiger partial charge is 0.272 e. The first kappa shape index (κ1) is 15.5. The molecule has 0 spiro atoms. The molecule has 0 bridgehead atoms. The summed E-state index contributed by atoms with van der Waals surface area (Å²) in [6.07, 6.45) is 0. The van der Waals surface area contributed by atoms with E-state index >= 15 is 0 Å². The number of sulfonamides is 1. The predicted molar refractivity (Wildman–Crippen MR) is 94.7 cm³/mol. The van der Waals surface area contributed by atoms with Crippen molar-refractivity contribution in [3.63, 3.8) is 0 Å². The van der Waals surface area contributed by atoms with Gasteiger partial charge in [0.05, 0.1) is 27.9 Å². The van der Waals surface area contributed by atoms with Gasteiger partial charge in [-0.05, 0) is 24.3 Å². The van der Waals surface area contributed by atoms with Gasteiger partial charge in [-0.15, -0.1) is 0 Å². The van der Waals surface area contributed by atoms with Gasteiger partial charge in [0.1, 0.15) is 5.84 Å². The molecule has 3 N–H and O–H groups in total. The van der Waals surface area contributed by atoms with E-state index in [1.54, 1.807) is 36.4 Å². The summed E-state index contributed by atoms with van der Waals surface area (Å²) >= 11 is 0. The van der Waals surface area contributed by atoms with Gasteiger partial charge >= 0.3 is 0 Å². The topological polar surface area (TPSA) is 116 Å². The molecule has 0 saturated carbocycles. The van der Waals surface area contributed by atoms with Gasteiger partial charge in [0.2, 0.25) is 10.0 Å². The Morgan fingerprint density at radius 3 is 2.64 bits per heavy atom. The van der Waals surface area contributed by atoms with Gasteiger partial charge in [-0.1, -0.05) is 24.3 Å². The molecule has 0 atom stereocenters. The van der Waals surface area contributed by atoms with Crippen molar-refractivity contribution in [3.8, 4) is 0 Å². The molecule has 25 heavy (non-hydrogen) atoms. The zero-order valence-electron chi connectivity index (χ0n) is 12.9. The SMILES string of the molecule is O=c1[nH]nc2c3c(cccc13)N=C(CNS(=O)(=O)c1ccccc1)N2. The molecule has 126 valence electrons. The van der Waals surface area contributed by atoms with Crippen LogP contribution in [0.3, 0.4) is 0 Å². The Kier molecular flexibility index (Phi) is 3.59. The van der Waals surface area contributed by atoms with Crippen LogP contribution in [0.1, 0.15) is 0 Å². The molecule has 0 saturated heterocycles. The van der Waals surface area contributed by atoms with Gasteiger partial charge < -0.3 is 5.32 Å². The molecule has 1 aromatic heterocycles. The maximum absolute atomic E-state index is 12.3. The molecular formula is C16H13N5O3S. The van der Waals surface area contributed by atoms with Crippen molar-refractivity contribution in [1.29, 1.82) is 0 Å². The van der Waals surface area contributed by atoms with Crippen LogP contribution in [0.15, 0.2) is 63.2 Å². The third kappa shape index (κ3) is 2.79. The molecule has 0 amide bonds. The summed E-state index contributed by atoms with van der Waals surface area (Å²) < 4.78 is 27.1. The summed E-state index contributed by atoms with van der Waals surface area (Å²) in [5.74, 6) is 0.827. The largest absolute Gasteiger partial charge is 0.325 e. The minimum atomic E-state index is -3.64. The summed E-state index contributed by atoms with van der Waals surface area (Å²) in [6.45, 7) is -0.0339. The average Bonchev–Trinajstić information content (AvgIpc) is 2.64. The number of aromatic amines is 1. The second-order valence-electron chi connectivity index (χ2n) is 5.42. The van der Waals surface area contributed by atoms with E-state index in [9.17, 15) is 13.2 Å². The van der Waals surface area contributed by atoms with Gasteiger partial charge in [-0.2, -0.15) is 5.10 Å². The Morgan fingerprint density at radius 2 is 1.84 bits per heavy atom. The number of benzene rings is 2. The van der Waals surface area contributed by atoms with Crippen molar-refractivity contribution in [2.45, 2.75) is 4.90 Å². The first-order valence-electron chi connectivity index (χ1n) is 7.45. The quantitative estimate of drug-likeness (QED) is 0.653. The third-order valence-corrected chi connectivity index (χ3v) is 5.21. The average molecular weight is 355 g/mol. The van der Waals surface area contributed by atoms with Gasteiger partial charge in [0.25, 0.3) is 5.56 Å². The monoisotopic (exact) mass is 355 g/mol. The van der Waals surface area contributed by atoms with E-state index in [0.717, 1.165) is 0 Å². The van der Waals surface area contributed by atoms with E-state index in [0.29, 0.717) is 28.1 Å². The van der Waals surface area contributed by atoms with Crippen molar-refractivity contribution in [1.82, 2.24) is 14.9 Å². The summed E-state index contributed by atoms with van der Waals surface area (Å²) in [5.41, 5.74) is 0.268. The fraction of sp³-hybridized carbons (Fsp3) is 0.0625. The van der Waals surface area contributed by atoms with E-state index in [-0.39, 0.29) is 17.0 Å². The number of amidine groups is 1. The Bertz CT molecular complexity index is 1150. The van der Waals surface area contributed by atoms with Gasteiger partial charge in [-0.25, -0.2) is 23.2 Å². The van der Waals surface area contributed by atoms with Crippen molar-refractivity contribution in [3.05, 3.63) is 58.9 Å². The molecule has 2 aromatic carbocycles. The number of hydrogen-bond donors (Lipinski definition) is 3. The lowest BCUT2D eigenvalue weighted by molar-refractivity contribution is 0.586. The molecule has 8 nitrogen and oxygen atoms in total. The van der Waals surface area contributed by atoms with Crippen molar-refractivity contribution < 1.29 is 8.42 Å². The highest BCUT2D eigenvalue weighted by molar-refractivity contribution is 7.89. The Hall–Kier alpha value is -3.04. The van der Waals surface area contributed by atoms with E-state index in [2.05, 4.69) is 25.2 Å². The van der Waals surface area contributed by atoms with Crippen LogP contribution in [0.5, 0.6) is 0 Å². The van der Waals surface area contributed by atoms with Crippen LogP contribution < -0.4 is 15.6 Å². The molecule has 0 aliphatic carbocycles. The van der Waals surface area contributed by atoms with Crippen molar-refractivity contribution in [2.75, 3.05) is 11.9 Å². The number of H-pyrrole nitrogens is 1. The molecular weight excluding hydrogens is 342 g/mol. The fourth-order valence-electron chi connectivity index (χ4n) is 2.62. The van der Waals surface area contributed by atoms with Gasteiger partial charge in [0.15, 0.2) is 5.82 Å². The minimum Gasteiger partial charge on any atom is -0.325 e. The van der Waals surface area contributed by atoms with E-state index in [1.807, 2.05) is 0 Å². The number of aromatic nitrogens is 2. The molecule has 0 fully saturated rings. The molecule has 3 aromatic rings. The van der Waals surface area contributed by atoms with Crippen molar-refractivity contribution in [2.24, 2.45) is 4.99 Å². The van der Waals surface area contributed by atoms with Crippen LogP contribution >= 0.6 is 0 Å². The number of anilines is 1. The lowest BCUT2D eigenvalue weighted by Gasteiger charge is -2.17. The maximum atomic E-state index is 12.3. The molecule has 1 aliphatic heterocycles. The molecule has 1 aliphatic rings. The molecule has 2 heterocycles. The second kappa shape index (κ2) is 5.80. The van der Waals surface area contributed by atoms with Crippen LogP contribution in [-0.4, -0.2) is 31.0 Å². The number of nitrogens with one attached hydrogen (secondary N) is 3. The van der Waals surface area contributed by atoms with Crippen LogP contribution in [0.4, 0.5) is 11.5 Å². The molecule has 0 radical (unpaired) electrons. The van der Waals surface area contributed by atoms with Crippen LogP contribution in [0, 0.1) is 0 Å². The lowest BCUT2D eigenvalue weighted by Crippen LogP contribution is -2.34. The Balaban J connectivity index is 1.64. The van der Waals surface area contributed by atoms with Crippen LogP contribution in [0.25, 0.3) is 10.8 Å².